The number of amides is 1. The first-order valence-electron chi connectivity index (χ1n) is 11.9. The normalized spacial score (nSPS) is 14.9. The zero-order valence-corrected chi connectivity index (χ0v) is 21.6. The van der Waals surface area contributed by atoms with Crippen molar-refractivity contribution in [2.24, 2.45) is 0 Å². The predicted octanol–water partition coefficient (Wildman–Crippen LogP) is 4.98. The number of nitrogens with one attached hydrogen (secondary N) is 1. The van der Waals surface area contributed by atoms with Gasteiger partial charge in [-0.25, -0.2) is 31.5 Å². The van der Waals surface area contributed by atoms with Gasteiger partial charge in [-0.1, -0.05) is 18.2 Å². The zero-order valence-electron chi connectivity index (χ0n) is 20.8. The van der Waals surface area contributed by atoms with Crippen LogP contribution in [0.3, 0.4) is 0 Å². The van der Waals surface area contributed by atoms with Crippen molar-refractivity contribution in [2.45, 2.75) is 17.5 Å². The molecule has 0 bridgehead atoms. The summed E-state index contributed by atoms with van der Waals surface area (Å²) in [6.07, 6.45) is -7.76. The number of alkyl halides is 5. The van der Waals surface area contributed by atoms with Crippen LogP contribution in [-0.4, -0.2) is 59.7 Å². The van der Waals surface area contributed by atoms with Crippen molar-refractivity contribution in [3.63, 3.8) is 0 Å². The molecule has 0 atom stereocenters. The molecule has 0 unspecified atom stereocenters. The maximum Gasteiger partial charge on any atom is 0.417 e. The van der Waals surface area contributed by atoms with E-state index in [0.717, 1.165) is 41.0 Å². The number of carbonyl (C=O) groups excluding carboxylic acids is 1. The maximum atomic E-state index is 13.8. The highest BCUT2D eigenvalue weighted by atomic mass is 32.2. The second kappa shape index (κ2) is 11.0. The fourth-order valence-electron chi connectivity index (χ4n) is 4.08. The monoisotopic (exact) mass is 597 g/mol. The van der Waals surface area contributed by atoms with Crippen LogP contribution in [0.15, 0.2) is 65.7 Å². The molecule has 1 saturated heterocycles. The van der Waals surface area contributed by atoms with Crippen molar-refractivity contribution in [1.82, 2.24) is 18.9 Å². The molecule has 1 N–H and O–H groups in total. The van der Waals surface area contributed by atoms with E-state index in [-0.39, 0.29) is 59.5 Å². The molecule has 1 amide bonds. The number of hydrogen-bond donors (Lipinski definition) is 1. The third kappa shape index (κ3) is 5.98. The van der Waals surface area contributed by atoms with Gasteiger partial charge in [-0.3, -0.25) is 5.32 Å². The van der Waals surface area contributed by atoms with E-state index in [4.69, 9.17) is 9.47 Å². The number of fused-ring (bicyclic) bond motifs is 1. The minimum absolute atomic E-state index is 0.0717. The average molecular weight is 598 g/mol. The van der Waals surface area contributed by atoms with Gasteiger partial charge in [0.15, 0.2) is 11.4 Å². The summed E-state index contributed by atoms with van der Waals surface area (Å²) in [5, 5.41) is 6.18. The largest absolute Gasteiger partial charge is 0.417 e. The first-order chi connectivity index (χ1) is 19.4. The smallest absolute Gasteiger partial charge is 0.404 e. The average Bonchev–Trinajstić information content (AvgIpc) is 3.35. The van der Waals surface area contributed by atoms with E-state index in [0.29, 0.717) is 0 Å². The Morgan fingerprint density at radius 3 is 2.41 bits per heavy atom. The zero-order chi connectivity index (χ0) is 29.4. The Kier molecular flexibility index (Phi) is 7.63. The molecular formula is C25H20F5N5O5S. The molecule has 5 rings (SSSR count). The molecule has 3 heterocycles. The first kappa shape index (κ1) is 28.4. The Labute approximate surface area is 229 Å². The molecule has 0 spiro atoms. The SMILES string of the molecule is O=C(Nc1cccc(S(=O)(=O)N2CCOCC2)c1)Oc1cnn2c(C(F)F)cc(-c3ccc(C(F)(F)F)cc3)nc12. The van der Waals surface area contributed by atoms with Crippen LogP contribution in [0, 0.1) is 0 Å². The molecular weight excluding hydrogens is 577 g/mol. The summed E-state index contributed by atoms with van der Waals surface area (Å²) in [5.41, 5.74) is -1.78. The van der Waals surface area contributed by atoms with Gasteiger partial charge < -0.3 is 9.47 Å². The number of hydrogen-bond acceptors (Lipinski definition) is 7. The minimum atomic E-state index is -4.59. The Hall–Kier alpha value is -4.15. The van der Waals surface area contributed by atoms with Crippen molar-refractivity contribution >= 4 is 27.5 Å². The highest BCUT2D eigenvalue weighted by Gasteiger charge is 2.30. The third-order valence-corrected chi connectivity index (χ3v) is 7.98. The molecule has 1 fully saturated rings. The van der Waals surface area contributed by atoms with Crippen LogP contribution in [0.1, 0.15) is 17.7 Å². The van der Waals surface area contributed by atoms with Gasteiger partial charge in [-0.2, -0.15) is 22.6 Å². The second-order valence-electron chi connectivity index (χ2n) is 8.75. The predicted molar refractivity (Wildman–Crippen MR) is 134 cm³/mol. The van der Waals surface area contributed by atoms with Crippen LogP contribution in [0.2, 0.25) is 0 Å². The molecule has 16 heteroatoms. The number of carbonyl (C=O) groups is 1. The molecule has 10 nitrogen and oxygen atoms in total. The lowest BCUT2D eigenvalue weighted by Gasteiger charge is -2.26. The van der Waals surface area contributed by atoms with E-state index in [1.165, 1.54) is 28.6 Å². The van der Waals surface area contributed by atoms with Crippen LogP contribution in [0.4, 0.5) is 32.4 Å². The molecule has 0 saturated carbocycles. The maximum absolute atomic E-state index is 13.8. The number of nitrogens with zero attached hydrogens (tertiary/aromatic N) is 4. The van der Waals surface area contributed by atoms with Crippen LogP contribution in [-0.2, 0) is 20.9 Å². The number of halogens is 5. The number of sulfonamides is 1. The summed E-state index contributed by atoms with van der Waals surface area (Å²) >= 11 is 0. The Bertz CT molecular complexity index is 1690. The number of ether oxygens (including phenoxy) is 2. The topological polar surface area (TPSA) is 115 Å². The lowest BCUT2D eigenvalue weighted by atomic mass is 10.1. The molecule has 2 aromatic heterocycles. The van der Waals surface area contributed by atoms with Crippen LogP contribution in [0.25, 0.3) is 16.9 Å². The molecule has 2 aromatic carbocycles. The van der Waals surface area contributed by atoms with E-state index in [1.807, 2.05) is 0 Å². The first-order valence-corrected chi connectivity index (χ1v) is 13.4. The van der Waals surface area contributed by atoms with Gasteiger partial charge in [-0.15, -0.1) is 0 Å². The third-order valence-electron chi connectivity index (χ3n) is 6.09. The molecule has 1 aliphatic rings. The highest BCUT2D eigenvalue weighted by molar-refractivity contribution is 7.89. The summed E-state index contributed by atoms with van der Waals surface area (Å²) in [4.78, 5) is 16.8. The van der Waals surface area contributed by atoms with E-state index < -0.39 is 40.0 Å². The van der Waals surface area contributed by atoms with Gasteiger partial charge in [0.25, 0.3) is 6.43 Å². The van der Waals surface area contributed by atoms with E-state index >= 15 is 0 Å². The standard InChI is InChI=1S/C25H20F5N5O5S/c26-22(27)20-13-19(15-4-6-16(7-5-15)25(28,29)30)33-23-21(14-31-35(20)23)40-24(36)32-17-2-1-3-18(12-17)41(37,38)34-8-10-39-11-9-34/h1-7,12-14,22H,8-11H2,(H,32,36). The molecule has 1 aliphatic heterocycles. The van der Waals surface area contributed by atoms with Gasteiger partial charge in [-0.05, 0) is 36.4 Å². The van der Waals surface area contributed by atoms with Crippen LogP contribution >= 0.6 is 0 Å². The fraction of sp³-hybridized carbons (Fsp3) is 0.240. The summed E-state index contributed by atoms with van der Waals surface area (Å²) in [7, 11) is -3.85. The number of benzene rings is 2. The van der Waals surface area contributed by atoms with Crippen molar-refractivity contribution in [2.75, 3.05) is 31.6 Å². The quantitative estimate of drug-likeness (QED) is 0.312. The summed E-state index contributed by atoms with van der Waals surface area (Å²) in [6, 6.07) is 10.2. The fourth-order valence-corrected chi connectivity index (χ4v) is 5.54. The lowest BCUT2D eigenvalue weighted by Crippen LogP contribution is -2.40. The van der Waals surface area contributed by atoms with E-state index in [1.54, 1.807) is 0 Å². The second-order valence-corrected chi connectivity index (χ2v) is 10.7. The van der Waals surface area contributed by atoms with Crippen molar-refractivity contribution in [1.29, 1.82) is 0 Å². The van der Waals surface area contributed by atoms with Crippen LogP contribution < -0.4 is 10.1 Å². The highest BCUT2D eigenvalue weighted by Crippen LogP contribution is 2.33. The number of aromatic nitrogens is 3. The Morgan fingerprint density at radius 2 is 1.76 bits per heavy atom. The summed E-state index contributed by atoms with van der Waals surface area (Å²) in [6.45, 7) is 0.869. The van der Waals surface area contributed by atoms with Gasteiger partial charge >= 0.3 is 12.3 Å². The van der Waals surface area contributed by atoms with Crippen molar-refractivity contribution < 1.29 is 44.6 Å². The summed E-state index contributed by atoms with van der Waals surface area (Å²) in [5.74, 6) is -0.324. The molecule has 216 valence electrons. The Balaban J connectivity index is 1.40. The Morgan fingerprint density at radius 1 is 1.05 bits per heavy atom. The van der Waals surface area contributed by atoms with Gasteiger partial charge in [0, 0.05) is 24.3 Å². The number of rotatable bonds is 6. The molecule has 0 aliphatic carbocycles. The lowest BCUT2D eigenvalue weighted by molar-refractivity contribution is -0.137. The number of anilines is 1. The van der Waals surface area contributed by atoms with Gasteiger partial charge in [0.1, 0.15) is 5.69 Å². The van der Waals surface area contributed by atoms with Gasteiger partial charge in [0.2, 0.25) is 10.0 Å². The van der Waals surface area contributed by atoms with Crippen molar-refractivity contribution in [3.05, 3.63) is 72.1 Å². The van der Waals surface area contributed by atoms with Crippen molar-refractivity contribution in [3.8, 4) is 17.0 Å². The molecule has 0 radical (unpaired) electrons. The minimum Gasteiger partial charge on any atom is -0.404 e. The van der Waals surface area contributed by atoms with Gasteiger partial charge in [0.05, 0.1) is 35.6 Å². The number of morpholine rings is 1. The summed E-state index contributed by atoms with van der Waals surface area (Å²) < 4.78 is 105. The van der Waals surface area contributed by atoms with E-state index in [9.17, 15) is 35.2 Å². The van der Waals surface area contributed by atoms with E-state index in [2.05, 4.69) is 15.4 Å². The molecule has 4 aromatic rings. The molecule has 41 heavy (non-hydrogen) atoms. The van der Waals surface area contributed by atoms with Crippen LogP contribution in [0.5, 0.6) is 5.75 Å².